The molecular weight excluding hydrogens is 234 g/mol. The van der Waals surface area contributed by atoms with Crippen LogP contribution in [0.2, 0.25) is 0 Å². The van der Waals surface area contributed by atoms with Crippen LogP contribution in [0, 0.1) is 12.8 Å². The van der Waals surface area contributed by atoms with Crippen LogP contribution >= 0.6 is 0 Å². The van der Waals surface area contributed by atoms with Crippen molar-refractivity contribution in [3.05, 3.63) is 23.7 Å². The Balaban J connectivity index is 2.47. The fourth-order valence-corrected chi connectivity index (χ4v) is 1.74. The van der Waals surface area contributed by atoms with Gasteiger partial charge in [0.05, 0.1) is 6.26 Å². The van der Waals surface area contributed by atoms with Gasteiger partial charge in [0.15, 0.2) is 0 Å². The van der Waals surface area contributed by atoms with E-state index in [1.54, 1.807) is 25.1 Å². The van der Waals surface area contributed by atoms with E-state index in [4.69, 9.17) is 9.52 Å². The Kier molecular flexibility index (Phi) is 4.95. The molecule has 1 atom stereocenters. The molecule has 100 valence electrons. The van der Waals surface area contributed by atoms with Crippen LogP contribution in [0.5, 0.6) is 0 Å². The van der Waals surface area contributed by atoms with Crippen LogP contribution in [-0.4, -0.2) is 28.9 Å². The lowest BCUT2D eigenvalue weighted by atomic mass is 10.0. The minimum Gasteiger partial charge on any atom is -0.481 e. The van der Waals surface area contributed by atoms with E-state index in [2.05, 4.69) is 0 Å². The molecule has 0 bridgehead atoms. The van der Waals surface area contributed by atoms with E-state index in [1.807, 2.05) is 13.0 Å². The molecule has 0 spiro atoms. The zero-order chi connectivity index (χ0) is 13.7. The van der Waals surface area contributed by atoms with Crippen molar-refractivity contribution in [1.82, 2.24) is 4.90 Å². The zero-order valence-electron chi connectivity index (χ0n) is 11.0. The van der Waals surface area contributed by atoms with Crippen LogP contribution in [0.25, 0.3) is 0 Å². The van der Waals surface area contributed by atoms with Crippen molar-refractivity contribution < 1.29 is 19.1 Å². The molecule has 0 fully saturated rings. The zero-order valence-corrected chi connectivity index (χ0v) is 11.0. The number of hydrogen-bond acceptors (Lipinski definition) is 3. The molecule has 0 aromatic carbocycles. The van der Waals surface area contributed by atoms with Crippen molar-refractivity contribution >= 4 is 11.9 Å². The SMILES string of the molecule is Cc1occc1CN(C)C(=O)CC(C)CC(=O)O. The highest BCUT2D eigenvalue weighted by Crippen LogP contribution is 2.14. The first-order valence-corrected chi connectivity index (χ1v) is 5.89. The maximum atomic E-state index is 11.9. The Bertz CT molecular complexity index is 424. The first kappa shape index (κ1) is 14.3. The molecule has 1 rings (SSSR count). The average molecular weight is 253 g/mol. The molecule has 1 aromatic rings. The van der Waals surface area contributed by atoms with Gasteiger partial charge in [-0.2, -0.15) is 0 Å². The Labute approximate surface area is 106 Å². The minimum absolute atomic E-state index is 0.0182. The lowest BCUT2D eigenvalue weighted by Gasteiger charge is -2.18. The number of furan rings is 1. The van der Waals surface area contributed by atoms with Crippen molar-refractivity contribution in [2.75, 3.05) is 7.05 Å². The summed E-state index contributed by atoms with van der Waals surface area (Å²) in [7, 11) is 1.71. The van der Waals surface area contributed by atoms with Gasteiger partial charge in [0.2, 0.25) is 5.91 Å². The molecule has 0 aliphatic carbocycles. The number of hydrogen-bond donors (Lipinski definition) is 1. The number of carbonyl (C=O) groups is 2. The number of rotatable bonds is 6. The van der Waals surface area contributed by atoms with Crippen molar-refractivity contribution in [1.29, 1.82) is 0 Å². The quantitative estimate of drug-likeness (QED) is 0.842. The lowest BCUT2D eigenvalue weighted by Crippen LogP contribution is -2.28. The normalized spacial score (nSPS) is 12.2. The Hall–Kier alpha value is -1.78. The van der Waals surface area contributed by atoms with Gasteiger partial charge >= 0.3 is 5.97 Å². The van der Waals surface area contributed by atoms with Crippen LogP contribution in [-0.2, 0) is 16.1 Å². The summed E-state index contributed by atoms with van der Waals surface area (Å²) in [6, 6.07) is 1.83. The number of aliphatic carboxylic acids is 1. The van der Waals surface area contributed by atoms with Crippen molar-refractivity contribution in [3.63, 3.8) is 0 Å². The number of nitrogens with zero attached hydrogens (tertiary/aromatic N) is 1. The Morgan fingerprint density at radius 3 is 2.61 bits per heavy atom. The van der Waals surface area contributed by atoms with E-state index in [1.165, 1.54) is 0 Å². The second-order valence-electron chi connectivity index (χ2n) is 4.66. The number of carbonyl (C=O) groups excluding carboxylic acids is 1. The second-order valence-corrected chi connectivity index (χ2v) is 4.66. The summed E-state index contributed by atoms with van der Waals surface area (Å²) < 4.78 is 5.16. The van der Waals surface area contributed by atoms with Gasteiger partial charge in [-0.3, -0.25) is 9.59 Å². The summed E-state index contributed by atoms with van der Waals surface area (Å²) in [6.45, 7) is 4.10. The van der Waals surface area contributed by atoms with Crippen LogP contribution in [0.4, 0.5) is 0 Å². The molecule has 0 radical (unpaired) electrons. The van der Waals surface area contributed by atoms with Crippen molar-refractivity contribution in [2.24, 2.45) is 5.92 Å². The molecule has 1 aromatic heterocycles. The van der Waals surface area contributed by atoms with Gasteiger partial charge in [0.25, 0.3) is 0 Å². The number of carboxylic acid groups (broad SMARTS) is 1. The second kappa shape index (κ2) is 6.23. The van der Waals surface area contributed by atoms with E-state index < -0.39 is 5.97 Å². The fraction of sp³-hybridized carbons (Fsp3) is 0.538. The number of aryl methyl sites for hydroxylation is 1. The molecule has 1 heterocycles. The van der Waals surface area contributed by atoms with E-state index in [0.717, 1.165) is 11.3 Å². The maximum Gasteiger partial charge on any atom is 0.303 e. The fourth-order valence-electron chi connectivity index (χ4n) is 1.74. The molecule has 1 N–H and O–H groups in total. The third kappa shape index (κ3) is 4.24. The highest BCUT2D eigenvalue weighted by Gasteiger charge is 2.16. The lowest BCUT2D eigenvalue weighted by molar-refractivity contribution is -0.138. The van der Waals surface area contributed by atoms with E-state index in [0.29, 0.717) is 6.54 Å². The predicted molar refractivity (Wildman–Crippen MR) is 66.0 cm³/mol. The van der Waals surface area contributed by atoms with Gasteiger partial charge in [-0.15, -0.1) is 0 Å². The predicted octanol–water partition coefficient (Wildman–Crippen LogP) is 2.05. The molecule has 0 aliphatic rings. The number of carboxylic acids is 1. The third-order valence-electron chi connectivity index (χ3n) is 2.85. The van der Waals surface area contributed by atoms with Crippen LogP contribution in [0.3, 0.4) is 0 Å². The largest absolute Gasteiger partial charge is 0.481 e. The smallest absolute Gasteiger partial charge is 0.303 e. The molecule has 1 unspecified atom stereocenters. The highest BCUT2D eigenvalue weighted by molar-refractivity contribution is 5.77. The van der Waals surface area contributed by atoms with Gasteiger partial charge in [0.1, 0.15) is 5.76 Å². The summed E-state index contributed by atoms with van der Waals surface area (Å²) in [5.74, 6) is -0.274. The molecule has 18 heavy (non-hydrogen) atoms. The van der Waals surface area contributed by atoms with E-state index in [9.17, 15) is 9.59 Å². The first-order chi connectivity index (χ1) is 8.40. The highest BCUT2D eigenvalue weighted by atomic mass is 16.4. The molecule has 0 saturated carbocycles. The molecule has 1 amide bonds. The summed E-state index contributed by atoms with van der Waals surface area (Å²) in [5.41, 5.74) is 0.969. The maximum absolute atomic E-state index is 11.9. The molecule has 0 saturated heterocycles. The van der Waals surface area contributed by atoms with Crippen molar-refractivity contribution in [3.8, 4) is 0 Å². The first-order valence-electron chi connectivity index (χ1n) is 5.89. The Morgan fingerprint density at radius 1 is 1.44 bits per heavy atom. The summed E-state index contributed by atoms with van der Waals surface area (Å²) in [6.07, 6.45) is 1.86. The Morgan fingerprint density at radius 2 is 2.11 bits per heavy atom. The van der Waals surface area contributed by atoms with Gasteiger partial charge < -0.3 is 14.4 Å². The van der Waals surface area contributed by atoms with Gasteiger partial charge in [0, 0.05) is 32.0 Å². The number of amides is 1. The van der Waals surface area contributed by atoms with Crippen molar-refractivity contribution in [2.45, 2.75) is 33.2 Å². The van der Waals surface area contributed by atoms with E-state index in [-0.39, 0.29) is 24.7 Å². The molecule has 5 heteroatoms. The summed E-state index contributed by atoms with van der Waals surface area (Å²) in [4.78, 5) is 24.0. The average Bonchev–Trinajstić information content (AvgIpc) is 2.62. The monoisotopic (exact) mass is 253 g/mol. The molecule has 0 aliphatic heterocycles. The van der Waals surface area contributed by atoms with Gasteiger partial charge in [-0.1, -0.05) is 6.92 Å². The van der Waals surface area contributed by atoms with E-state index >= 15 is 0 Å². The van der Waals surface area contributed by atoms with Crippen LogP contribution in [0.15, 0.2) is 16.7 Å². The topological polar surface area (TPSA) is 70.8 Å². The third-order valence-corrected chi connectivity index (χ3v) is 2.85. The molecule has 5 nitrogen and oxygen atoms in total. The summed E-state index contributed by atoms with van der Waals surface area (Å²) in [5, 5.41) is 8.64. The van der Waals surface area contributed by atoms with Crippen LogP contribution in [0.1, 0.15) is 31.1 Å². The minimum atomic E-state index is -0.872. The summed E-state index contributed by atoms with van der Waals surface area (Å²) >= 11 is 0. The van der Waals surface area contributed by atoms with Crippen LogP contribution < -0.4 is 0 Å². The van der Waals surface area contributed by atoms with Gasteiger partial charge in [-0.05, 0) is 18.9 Å². The standard InChI is InChI=1S/C13H19NO4/c1-9(7-13(16)17)6-12(15)14(3)8-11-4-5-18-10(11)2/h4-5,9H,6-8H2,1-3H3,(H,16,17). The van der Waals surface area contributed by atoms with Gasteiger partial charge in [-0.25, -0.2) is 0 Å². The molecular formula is C13H19NO4.